The average molecular weight is 755 g/mol. The van der Waals surface area contributed by atoms with Crippen molar-refractivity contribution in [1.29, 1.82) is 0 Å². The first-order valence-corrected chi connectivity index (χ1v) is 21.8. The predicted molar refractivity (Wildman–Crippen MR) is 224 cm³/mol. The Morgan fingerprint density at radius 3 is 0.741 bits per heavy atom. The van der Waals surface area contributed by atoms with E-state index in [0.29, 0.717) is 47.8 Å². The van der Waals surface area contributed by atoms with Crippen molar-refractivity contribution in [3.8, 4) is 23.0 Å². The minimum absolute atomic E-state index is 0.0356. The van der Waals surface area contributed by atoms with Crippen LogP contribution in [0.2, 0.25) is 0 Å². The van der Waals surface area contributed by atoms with Gasteiger partial charge in [0, 0.05) is 84.1 Å². The molecule has 0 bridgehead atoms. The highest BCUT2D eigenvalue weighted by molar-refractivity contribution is 5.55. The second-order valence-electron chi connectivity index (χ2n) is 22.0. The number of benzene rings is 1. The zero-order chi connectivity index (χ0) is 40.0. The summed E-state index contributed by atoms with van der Waals surface area (Å²) in [6, 6.07) is 5.78. The van der Waals surface area contributed by atoms with Crippen LogP contribution in [-0.2, 0) is 0 Å². The first kappa shape index (κ1) is 43.4. The third-order valence-electron chi connectivity index (χ3n) is 12.7. The van der Waals surface area contributed by atoms with Crippen LogP contribution < -0.4 is 40.2 Å². The highest BCUT2D eigenvalue weighted by atomic mass is 16.5. The average Bonchev–Trinajstić information content (AvgIpc) is 2.99. The molecule has 8 heteroatoms. The molecule has 1 aromatic rings. The third-order valence-corrected chi connectivity index (χ3v) is 12.7. The van der Waals surface area contributed by atoms with Gasteiger partial charge in [0.05, 0.1) is 0 Å². The van der Waals surface area contributed by atoms with Gasteiger partial charge in [-0.25, -0.2) is 0 Å². The summed E-state index contributed by atoms with van der Waals surface area (Å²) in [5.74, 6) is 5.13. The lowest BCUT2D eigenvalue weighted by molar-refractivity contribution is 0.0457. The van der Waals surface area contributed by atoms with Crippen molar-refractivity contribution in [1.82, 2.24) is 21.3 Å². The van der Waals surface area contributed by atoms with Gasteiger partial charge in [-0.05, 0) is 105 Å². The molecule has 310 valence electrons. The van der Waals surface area contributed by atoms with Gasteiger partial charge in [0.2, 0.25) is 0 Å². The van der Waals surface area contributed by atoms with Crippen molar-refractivity contribution >= 4 is 0 Å². The molecule has 0 spiro atoms. The fourth-order valence-corrected chi connectivity index (χ4v) is 9.95. The summed E-state index contributed by atoms with van der Waals surface area (Å²) in [7, 11) is 0. The Morgan fingerprint density at radius 2 is 0.574 bits per heavy atom. The number of hydrogen-bond acceptors (Lipinski definition) is 8. The van der Waals surface area contributed by atoms with Crippen molar-refractivity contribution in [3.05, 3.63) is 12.1 Å². The first-order valence-electron chi connectivity index (χ1n) is 21.8. The van der Waals surface area contributed by atoms with Crippen LogP contribution >= 0.6 is 0 Å². The summed E-state index contributed by atoms with van der Waals surface area (Å²) >= 11 is 0. The molecule has 8 atom stereocenters. The molecule has 4 heterocycles. The summed E-state index contributed by atoms with van der Waals surface area (Å²) in [6.45, 7) is 36.9. The minimum Gasteiger partial charge on any atom is -0.486 e. The molecule has 4 aliphatic heterocycles. The Bertz CT molecular complexity index is 1180. The standard InChI is InChI=1S/C46H82N4O4/c1-27(2)35-17-31(23-43(9,10)47-35)51-39-21-41(53-33-19-37(29(5)6)49-45(13,14)25-33)42(54-34-20-38(30(7)8)50-46(15,16)26-34)22-40(39)52-32-18-36(28(3)4)48-44(11,12)24-32/h21-22,27-38,47-50H,17-20,23-26H2,1-16H3. The van der Waals surface area contributed by atoms with Crippen molar-refractivity contribution in [3.63, 3.8) is 0 Å². The lowest BCUT2D eigenvalue weighted by Crippen LogP contribution is -2.57. The summed E-state index contributed by atoms with van der Waals surface area (Å²) in [6.07, 6.45) is 7.64. The van der Waals surface area contributed by atoms with Gasteiger partial charge in [-0.2, -0.15) is 0 Å². The van der Waals surface area contributed by atoms with Gasteiger partial charge in [0.15, 0.2) is 23.0 Å². The van der Waals surface area contributed by atoms with E-state index in [4.69, 9.17) is 18.9 Å². The van der Waals surface area contributed by atoms with Crippen LogP contribution in [0.5, 0.6) is 23.0 Å². The molecule has 1 aromatic carbocycles. The molecule has 0 saturated carbocycles. The van der Waals surface area contributed by atoms with Crippen LogP contribution in [0.3, 0.4) is 0 Å². The van der Waals surface area contributed by atoms with Gasteiger partial charge >= 0.3 is 0 Å². The molecule has 0 amide bonds. The van der Waals surface area contributed by atoms with Crippen LogP contribution in [0.25, 0.3) is 0 Å². The molecule has 0 aromatic heterocycles. The van der Waals surface area contributed by atoms with E-state index in [-0.39, 0.29) is 46.6 Å². The van der Waals surface area contributed by atoms with Crippen LogP contribution in [0, 0.1) is 23.7 Å². The largest absolute Gasteiger partial charge is 0.486 e. The Kier molecular flexibility index (Phi) is 13.4. The van der Waals surface area contributed by atoms with Gasteiger partial charge in [0.1, 0.15) is 24.4 Å². The topological polar surface area (TPSA) is 85.0 Å². The molecular formula is C46H82N4O4. The van der Waals surface area contributed by atoms with E-state index in [0.717, 1.165) is 74.4 Å². The number of nitrogens with one attached hydrogen (secondary N) is 4. The van der Waals surface area contributed by atoms with E-state index in [9.17, 15) is 0 Å². The van der Waals surface area contributed by atoms with E-state index in [1.54, 1.807) is 0 Å². The molecule has 0 aliphatic carbocycles. The minimum atomic E-state index is -0.0356. The molecule has 4 aliphatic rings. The molecular weight excluding hydrogens is 673 g/mol. The Labute approximate surface area is 331 Å². The fourth-order valence-electron chi connectivity index (χ4n) is 9.95. The highest BCUT2D eigenvalue weighted by Gasteiger charge is 2.41. The molecule has 4 fully saturated rings. The van der Waals surface area contributed by atoms with Crippen LogP contribution in [0.4, 0.5) is 0 Å². The Balaban J connectivity index is 1.58. The van der Waals surface area contributed by atoms with Gasteiger partial charge in [-0.3, -0.25) is 0 Å². The second kappa shape index (κ2) is 16.6. The van der Waals surface area contributed by atoms with Gasteiger partial charge in [-0.1, -0.05) is 55.4 Å². The zero-order valence-corrected chi connectivity index (χ0v) is 37.4. The van der Waals surface area contributed by atoms with Gasteiger partial charge < -0.3 is 40.2 Å². The molecule has 4 saturated heterocycles. The monoisotopic (exact) mass is 755 g/mol. The molecule has 4 N–H and O–H groups in total. The van der Waals surface area contributed by atoms with Gasteiger partial charge in [0.25, 0.3) is 0 Å². The summed E-state index contributed by atoms with van der Waals surface area (Å²) in [5, 5.41) is 15.6. The predicted octanol–water partition coefficient (Wildman–Crippen LogP) is 9.42. The summed E-state index contributed by atoms with van der Waals surface area (Å²) in [4.78, 5) is 0. The maximum absolute atomic E-state index is 7.19. The number of piperidine rings is 4. The SMILES string of the molecule is CC(C)C1CC(Oc2cc(OC3CC(C(C)C)NC(C)(C)C3)c(OC3CC(C(C)C)NC(C)(C)C3)cc2OC2CC(C(C)C)NC(C)(C)C2)CC(C)(C)N1. The zero-order valence-electron chi connectivity index (χ0n) is 37.4. The third kappa shape index (κ3) is 11.7. The van der Waals surface area contributed by atoms with E-state index in [1.165, 1.54) is 0 Å². The maximum atomic E-state index is 7.19. The molecule has 5 rings (SSSR count). The number of hydrogen-bond donors (Lipinski definition) is 4. The second-order valence-corrected chi connectivity index (χ2v) is 22.0. The molecule has 8 unspecified atom stereocenters. The normalized spacial score (nSPS) is 33.6. The van der Waals surface area contributed by atoms with Crippen LogP contribution in [0.15, 0.2) is 12.1 Å². The molecule has 0 radical (unpaired) electrons. The van der Waals surface area contributed by atoms with E-state index >= 15 is 0 Å². The van der Waals surface area contributed by atoms with Crippen LogP contribution in [0.1, 0.15) is 162 Å². The lowest BCUT2D eigenvalue weighted by atomic mass is 9.83. The number of ether oxygens (including phenoxy) is 4. The Hall–Kier alpha value is -1.74. The quantitative estimate of drug-likeness (QED) is 0.168. The maximum Gasteiger partial charge on any atom is 0.165 e. The summed E-state index contributed by atoms with van der Waals surface area (Å²) < 4.78 is 28.8. The van der Waals surface area contributed by atoms with E-state index in [1.807, 2.05) is 0 Å². The molecule has 54 heavy (non-hydrogen) atoms. The number of rotatable bonds is 12. The van der Waals surface area contributed by atoms with E-state index < -0.39 is 0 Å². The van der Waals surface area contributed by atoms with Crippen molar-refractivity contribution in [2.75, 3.05) is 0 Å². The van der Waals surface area contributed by atoms with Crippen molar-refractivity contribution in [2.24, 2.45) is 23.7 Å². The van der Waals surface area contributed by atoms with Crippen molar-refractivity contribution < 1.29 is 18.9 Å². The van der Waals surface area contributed by atoms with Crippen molar-refractivity contribution in [2.45, 2.75) is 233 Å². The van der Waals surface area contributed by atoms with Gasteiger partial charge in [-0.15, -0.1) is 0 Å². The highest BCUT2D eigenvalue weighted by Crippen LogP contribution is 2.46. The Morgan fingerprint density at radius 1 is 0.389 bits per heavy atom. The van der Waals surface area contributed by atoms with E-state index in [2.05, 4.69) is 144 Å². The van der Waals surface area contributed by atoms with Crippen LogP contribution in [-0.4, -0.2) is 70.7 Å². The first-order chi connectivity index (χ1) is 24.9. The molecule has 8 nitrogen and oxygen atoms in total. The fraction of sp³-hybridized carbons (Fsp3) is 0.870. The smallest absolute Gasteiger partial charge is 0.165 e. The summed E-state index contributed by atoms with van der Waals surface area (Å²) in [5.41, 5.74) is -0.142. The lowest BCUT2D eigenvalue weighted by Gasteiger charge is -2.45.